The lowest BCUT2D eigenvalue weighted by Crippen LogP contribution is -2.47. The van der Waals surface area contributed by atoms with E-state index in [9.17, 15) is 14.6 Å². The molecular formula is C27H40ClFN2O4. The summed E-state index contributed by atoms with van der Waals surface area (Å²) < 4.78 is 25.7. The number of aliphatic hydroxyl groups excluding tert-OH is 2. The van der Waals surface area contributed by atoms with Crippen LogP contribution in [-0.4, -0.2) is 79.1 Å². The predicted molar refractivity (Wildman–Crippen MR) is 139 cm³/mol. The molecule has 1 saturated heterocycles. The van der Waals surface area contributed by atoms with E-state index in [-0.39, 0.29) is 24.8 Å². The molecule has 1 heterocycles. The first-order chi connectivity index (χ1) is 16.8. The number of rotatable bonds is 11. The van der Waals surface area contributed by atoms with E-state index in [0.717, 1.165) is 37.3 Å². The Morgan fingerprint density at radius 3 is 2.17 bits per heavy atom. The lowest BCUT2D eigenvalue weighted by atomic mass is 9.78. The van der Waals surface area contributed by atoms with Crippen LogP contribution in [-0.2, 0) is 5.41 Å². The van der Waals surface area contributed by atoms with Gasteiger partial charge in [0.1, 0.15) is 31.2 Å². The van der Waals surface area contributed by atoms with Gasteiger partial charge < -0.3 is 25.0 Å². The molecule has 1 fully saturated rings. The lowest BCUT2D eigenvalue weighted by Gasteiger charge is -2.29. The SMILES string of the molecule is CC.CC(C)(c1ccc(OCC(O)CN2CCNCC2)cc1)c1ccc(OCC(O)CCl)c(F)c1. The highest BCUT2D eigenvalue weighted by molar-refractivity contribution is 6.18. The first-order valence-corrected chi connectivity index (χ1v) is 12.8. The number of piperazine rings is 1. The number of ether oxygens (including phenoxy) is 2. The summed E-state index contributed by atoms with van der Waals surface area (Å²) in [4.78, 5) is 2.23. The van der Waals surface area contributed by atoms with Crippen LogP contribution in [0.5, 0.6) is 11.5 Å². The maximum absolute atomic E-state index is 14.6. The van der Waals surface area contributed by atoms with Crippen LogP contribution in [0.1, 0.15) is 38.8 Å². The summed E-state index contributed by atoms with van der Waals surface area (Å²) in [6, 6.07) is 12.5. The molecule has 6 nitrogen and oxygen atoms in total. The van der Waals surface area contributed by atoms with Gasteiger partial charge in [-0.15, -0.1) is 11.6 Å². The number of benzene rings is 2. The summed E-state index contributed by atoms with van der Waals surface area (Å²) in [6.07, 6.45) is -1.39. The molecule has 196 valence electrons. The largest absolute Gasteiger partial charge is 0.491 e. The Labute approximate surface area is 214 Å². The second kappa shape index (κ2) is 14.6. The fourth-order valence-corrected chi connectivity index (χ4v) is 3.90. The Morgan fingerprint density at radius 1 is 0.971 bits per heavy atom. The van der Waals surface area contributed by atoms with Gasteiger partial charge in [0.2, 0.25) is 0 Å². The zero-order chi connectivity index (χ0) is 25.8. The molecule has 2 atom stereocenters. The van der Waals surface area contributed by atoms with E-state index in [0.29, 0.717) is 12.3 Å². The van der Waals surface area contributed by atoms with Crippen molar-refractivity contribution < 1.29 is 24.1 Å². The fourth-order valence-electron chi connectivity index (χ4n) is 3.81. The van der Waals surface area contributed by atoms with Gasteiger partial charge in [-0.2, -0.15) is 0 Å². The molecule has 2 aromatic carbocycles. The van der Waals surface area contributed by atoms with Crippen LogP contribution < -0.4 is 14.8 Å². The number of hydrogen-bond donors (Lipinski definition) is 3. The molecule has 0 saturated carbocycles. The zero-order valence-electron chi connectivity index (χ0n) is 21.3. The maximum Gasteiger partial charge on any atom is 0.165 e. The molecule has 0 bridgehead atoms. The van der Waals surface area contributed by atoms with Crippen molar-refractivity contribution in [2.75, 3.05) is 51.8 Å². The number of aliphatic hydroxyl groups is 2. The molecule has 3 rings (SSSR count). The van der Waals surface area contributed by atoms with Gasteiger partial charge in [-0.25, -0.2) is 4.39 Å². The van der Waals surface area contributed by atoms with Gasteiger partial charge in [-0.05, 0) is 35.4 Å². The van der Waals surface area contributed by atoms with Crippen LogP contribution in [0.25, 0.3) is 0 Å². The number of nitrogens with zero attached hydrogens (tertiary/aromatic N) is 1. The summed E-state index contributed by atoms with van der Waals surface area (Å²) in [5.41, 5.74) is 1.35. The molecule has 0 spiro atoms. The van der Waals surface area contributed by atoms with Crippen molar-refractivity contribution >= 4 is 11.6 Å². The smallest absolute Gasteiger partial charge is 0.165 e. The minimum absolute atomic E-state index is 0.0293. The van der Waals surface area contributed by atoms with Gasteiger partial charge in [-0.1, -0.05) is 45.9 Å². The normalized spacial score (nSPS) is 16.1. The minimum Gasteiger partial charge on any atom is -0.491 e. The number of halogens is 2. The van der Waals surface area contributed by atoms with E-state index >= 15 is 0 Å². The molecule has 8 heteroatoms. The van der Waals surface area contributed by atoms with Gasteiger partial charge >= 0.3 is 0 Å². The van der Waals surface area contributed by atoms with E-state index in [1.54, 1.807) is 6.07 Å². The van der Waals surface area contributed by atoms with E-state index in [4.69, 9.17) is 21.1 Å². The summed E-state index contributed by atoms with van der Waals surface area (Å²) in [6.45, 7) is 12.6. The Hall–Kier alpha value is -1.90. The first kappa shape index (κ1) is 29.3. The second-order valence-electron chi connectivity index (χ2n) is 8.93. The van der Waals surface area contributed by atoms with E-state index in [1.165, 1.54) is 6.07 Å². The molecule has 1 aliphatic heterocycles. The molecule has 2 unspecified atom stereocenters. The van der Waals surface area contributed by atoms with Crippen molar-refractivity contribution in [3.05, 3.63) is 59.4 Å². The standard InChI is InChI=1S/C25H34ClFN2O4.C2H6/c1-25(2,19-5-8-24(23(27)13-19)33-16-20(30)14-26)18-3-6-22(7-4-18)32-17-21(31)15-29-11-9-28-10-12-29;1-2/h3-8,13,20-21,28,30-31H,9-12,14-17H2,1-2H3;1-2H3. The van der Waals surface area contributed by atoms with E-state index in [1.807, 2.05) is 58.0 Å². The van der Waals surface area contributed by atoms with Crippen molar-refractivity contribution in [3.63, 3.8) is 0 Å². The van der Waals surface area contributed by atoms with Gasteiger partial charge in [0.05, 0.1) is 5.88 Å². The Kier molecular flexibility index (Phi) is 12.2. The monoisotopic (exact) mass is 510 g/mol. The van der Waals surface area contributed by atoms with Gasteiger partial charge in [0, 0.05) is 38.1 Å². The quantitative estimate of drug-likeness (QED) is 0.399. The average molecular weight is 511 g/mol. The number of β-amino-alcohol motifs (C(OH)–C–C–N with tert-alkyl or cyclic N) is 1. The van der Waals surface area contributed by atoms with Crippen LogP contribution in [0.2, 0.25) is 0 Å². The first-order valence-electron chi connectivity index (χ1n) is 12.3. The third-order valence-electron chi connectivity index (χ3n) is 5.96. The Bertz CT molecular complexity index is 876. The molecule has 1 aliphatic rings. The van der Waals surface area contributed by atoms with Crippen molar-refractivity contribution in [2.45, 2.75) is 45.3 Å². The van der Waals surface area contributed by atoms with Gasteiger partial charge in [-0.3, -0.25) is 4.90 Å². The van der Waals surface area contributed by atoms with Crippen LogP contribution in [0.15, 0.2) is 42.5 Å². The van der Waals surface area contributed by atoms with Crippen molar-refractivity contribution in [3.8, 4) is 11.5 Å². The predicted octanol–water partition coefficient (Wildman–Crippen LogP) is 3.80. The second-order valence-corrected chi connectivity index (χ2v) is 9.24. The maximum atomic E-state index is 14.6. The van der Waals surface area contributed by atoms with Crippen molar-refractivity contribution in [1.29, 1.82) is 0 Å². The average Bonchev–Trinajstić information content (AvgIpc) is 2.88. The highest BCUT2D eigenvalue weighted by Gasteiger charge is 2.25. The minimum atomic E-state index is -0.842. The summed E-state index contributed by atoms with van der Waals surface area (Å²) in [5.74, 6) is 0.311. The molecule has 35 heavy (non-hydrogen) atoms. The topological polar surface area (TPSA) is 74.2 Å². The number of hydrogen-bond acceptors (Lipinski definition) is 6. The van der Waals surface area contributed by atoms with Crippen LogP contribution in [0.3, 0.4) is 0 Å². The summed E-state index contributed by atoms with van der Waals surface area (Å²) in [7, 11) is 0. The molecule has 0 amide bonds. The summed E-state index contributed by atoms with van der Waals surface area (Å²) in [5, 5.41) is 23.1. The van der Waals surface area contributed by atoms with Crippen molar-refractivity contribution in [2.24, 2.45) is 0 Å². The zero-order valence-corrected chi connectivity index (χ0v) is 22.0. The lowest BCUT2D eigenvalue weighted by molar-refractivity contribution is 0.0641. The molecule has 0 aliphatic carbocycles. The number of alkyl halides is 1. The molecular weight excluding hydrogens is 471 g/mol. The molecule has 2 aromatic rings. The Balaban J connectivity index is 0.00000210. The van der Waals surface area contributed by atoms with Crippen LogP contribution in [0.4, 0.5) is 4.39 Å². The van der Waals surface area contributed by atoms with E-state index < -0.39 is 23.4 Å². The highest BCUT2D eigenvalue weighted by atomic mass is 35.5. The van der Waals surface area contributed by atoms with Crippen LogP contribution >= 0.6 is 11.6 Å². The third-order valence-corrected chi connectivity index (χ3v) is 6.32. The van der Waals surface area contributed by atoms with Gasteiger partial charge in [0.15, 0.2) is 11.6 Å². The molecule has 0 radical (unpaired) electrons. The molecule has 0 aromatic heterocycles. The highest BCUT2D eigenvalue weighted by Crippen LogP contribution is 2.34. The third kappa shape index (κ3) is 8.92. The fraction of sp³-hybridized carbons (Fsp3) is 0.556. The summed E-state index contributed by atoms with van der Waals surface area (Å²) >= 11 is 5.55. The van der Waals surface area contributed by atoms with Crippen molar-refractivity contribution in [1.82, 2.24) is 10.2 Å². The van der Waals surface area contributed by atoms with Crippen LogP contribution in [0, 0.1) is 5.82 Å². The molecule has 3 N–H and O–H groups in total. The van der Waals surface area contributed by atoms with E-state index in [2.05, 4.69) is 10.2 Å². The van der Waals surface area contributed by atoms with Gasteiger partial charge in [0.25, 0.3) is 0 Å². The Morgan fingerprint density at radius 2 is 1.57 bits per heavy atom. The number of nitrogens with one attached hydrogen (secondary N) is 1.